The smallest absolute Gasteiger partial charge is 0.402 e. The molecule has 1 atom stereocenters. The number of hydrogen-bond acceptors (Lipinski definition) is 6. The van der Waals surface area contributed by atoms with Gasteiger partial charge in [0.05, 0.1) is 37.1 Å². The molecule has 0 radical (unpaired) electrons. The maximum Gasteiger partial charge on any atom is 0.402 e. The summed E-state index contributed by atoms with van der Waals surface area (Å²) in [6.45, 7) is 6.44. The third-order valence-electron chi connectivity index (χ3n) is 10.9. The highest BCUT2D eigenvalue weighted by molar-refractivity contribution is 5.97. The molecule has 1 aliphatic carbocycles. The summed E-state index contributed by atoms with van der Waals surface area (Å²) in [5.74, 6) is -6.88. The highest BCUT2D eigenvalue weighted by atomic mass is 19.4. The lowest BCUT2D eigenvalue weighted by molar-refractivity contribution is -0.223. The summed E-state index contributed by atoms with van der Waals surface area (Å²) in [6, 6.07) is 8.01. The van der Waals surface area contributed by atoms with Gasteiger partial charge in [-0.2, -0.15) is 18.3 Å². The Kier molecular flexibility index (Phi) is 11.2. The van der Waals surface area contributed by atoms with Crippen molar-refractivity contribution in [3.63, 3.8) is 0 Å². The van der Waals surface area contributed by atoms with Gasteiger partial charge in [0.1, 0.15) is 22.7 Å². The fourth-order valence-corrected chi connectivity index (χ4v) is 7.62. The average Bonchev–Trinajstić information content (AvgIpc) is 3.72. The predicted octanol–water partition coefficient (Wildman–Crippen LogP) is 8.07. The van der Waals surface area contributed by atoms with Crippen molar-refractivity contribution in [3.05, 3.63) is 94.3 Å². The van der Waals surface area contributed by atoms with Crippen LogP contribution in [0.25, 0.3) is 5.57 Å². The van der Waals surface area contributed by atoms with Crippen molar-refractivity contribution in [2.24, 2.45) is 16.7 Å². The van der Waals surface area contributed by atoms with Crippen molar-refractivity contribution in [1.29, 1.82) is 0 Å². The second-order valence-electron chi connectivity index (χ2n) is 16.9. The van der Waals surface area contributed by atoms with Crippen molar-refractivity contribution >= 4 is 23.4 Å². The van der Waals surface area contributed by atoms with Gasteiger partial charge >= 0.3 is 12.1 Å². The minimum Gasteiger partial charge on any atom is -0.456 e. The zero-order valence-electron chi connectivity index (χ0n) is 32.3. The number of carbonyl (C=O) groups is 3. The molecule has 3 aliphatic rings. The number of aromatic nitrogens is 2. The van der Waals surface area contributed by atoms with Crippen LogP contribution >= 0.6 is 0 Å². The van der Waals surface area contributed by atoms with Crippen LogP contribution in [-0.4, -0.2) is 87.8 Å². The molecule has 0 N–H and O–H groups in total. The minimum absolute atomic E-state index is 0.0341. The van der Waals surface area contributed by atoms with Crippen LogP contribution in [0.2, 0.25) is 0 Å². The van der Waals surface area contributed by atoms with E-state index in [1.807, 2.05) is 0 Å². The van der Waals surface area contributed by atoms with E-state index in [9.17, 15) is 40.7 Å². The molecule has 9 nitrogen and oxygen atoms in total. The SMILES string of the molecule is CC(C)(C)OC(=O)c1c(COCC2CN(C(=O)c3cnn(Cc4ccc(F)cc4)c3)CC23CN(C(=O)C(C)(C)C(F)(F)F)C3)cc(F)cc1C1=CCC(F)(F)CC1. The Morgan fingerprint density at radius 3 is 2.21 bits per heavy atom. The number of halogens is 7. The second kappa shape index (κ2) is 15.2. The molecule has 2 amide bonds. The van der Waals surface area contributed by atoms with Gasteiger partial charge in [-0.15, -0.1) is 0 Å². The van der Waals surface area contributed by atoms with Crippen LogP contribution in [-0.2, 0) is 27.4 Å². The third kappa shape index (κ3) is 9.05. The molecule has 2 aliphatic heterocycles. The number of ether oxygens (including phenoxy) is 2. The molecule has 1 aromatic heterocycles. The first-order valence-electron chi connectivity index (χ1n) is 18.6. The molecular weight excluding hydrogens is 761 g/mol. The number of alkyl halides is 5. The van der Waals surface area contributed by atoms with Crippen molar-refractivity contribution < 1.29 is 54.6 Å². The number of carbonyl (C=O) groups excluding carboxylic acids is 3. The van der Waals surface area contributed by atoms with Crippen molar-refractivity contribution in [3.8, 4) is 0 Å². The zero-order valence-corrected chi connectivity index (χ0v) is 32.3. The number of allylic oxidation sites excluding steroid dienone is 2. The summed E-state index contributed by atoms with van der Waals surface area (Å²) < 4.78 is 112. The van der Waals surface area contributed by atoms with E-state index < -0.39 is 76.7 Å². The molecule has 0 saturated carbocycles. The highest BCUT2D eigenvalue weighted by Gasteiger charge is 2.61. The number of hydrogen-bond donors (Lipinski definition) is 0. The molecule has 57 heavy (non-hydrogen) atoms. The van der Waals surface area contributed by atoms with Gasteiger partial charge in [-0.05, 0) is 87.6 Å². The van der Waals surface area contributed by atoms with E-state index in [1.165, 1.54) is 40.2 Å². The lowest BCUT2D eigenvalue weighted by atomic mass is 9.70. The van der Waals surface area contributed by atoms with Gasteiger partial charge in [0.15, 0.2) is 0 Å². The van der Waals surface area contributed by atoms with E-state index >= 15 is 4.39 Å². The first-order valence-corrected chi connectivity index (χ1v) is 18.6. The standard InChI is InChI=1S/C41H45F7N4O5/c1-37(2,3)57-35(54)33-27(14-31(43)15-32(33)26-10-12-40(44,45)13-11-26)20-56-21-29-19-50(22-39(29)23-51(24-39)36(55)38(4,5)41(46,47)48)34(53)28-16-49-52(18-28)17-25-6-8-30(42)9-7-25/h6-10,14-16,18,29H,11-13,17,19-24H2,1-5H3. The van der Waals surface area contributed by atoms with Crippen molar-refractivity contribution in [1.82, 2.24) is 19.6 Å². The first kappa shape index (κ1) is 41.9. The van der Waals surface area contributed by atoms with Crippen LogP contribution in [0.5, 0.6) is 0 Å². The molecule has 3 heterocycles. The summed E-state index contributed by atoms with van der Waals surface area (Å²) in [7, 11) is 0. The summed E-state index contributed by atoms with van der Waals surface area (Å²) in [5.41, 5.74) is -2.91. The Bertz CT molecular complexity index is 2050. The third-order valence-corrected chi connectivity index (χ3v) is 10.9. The lowest BCUT2D eigenvalue weighted by Gasteiger charge is -2.52. The van der Waals surface area contributed by atoms with E-state index in [0.717, 1.165) is 36.4 Å². The van der Waals surface area contributed by atoms with E-state index in [1.54, 1.807) is 32.9 Å². The summed E-state index contributed by atoms with van der Waals surface area (Å²) in [6.07, 6.45) is -1.76. The fourth-order valence-electron chi connectivity index (χ4n) is 7.62. The average molecular weight is 807 g/mol. The second-order valence-corrected chi connectivity index (χ2v) is 16.9. The van der Waals surface area contributed by atoms with Gasteiger partial charge < -0.3 is 19.3 Å². The Balaban J connectivity index is 1.24. The van der Waals surface area contributed by atoms with E-state index in [-0.39, 0.29) is 74.6 Å². The predicted molar refractivity (Wildman–Crippen MR) is 194 cm³/mol. The zero-order chi connectivity index (χ0) is 41.7. The van der Waals surface area contributed by atoms with Crippen LogP contribution in [0.4, 0.5) is 30.7 Å². The molecule has 2 aromatic carbocycles. The topological polar surface area (TPSA) is 94.0 Å². The Labute approximate surface area is 325 Å². The van der Waals surface area contributed by atoms with Crippen LogP contribution in [0, 0.1) is 28.4 Å². The van der Waals surface area contributed by atoms with Gasteiger partial charge in [-0.25, -0.2) is 22.4 Å². The minimum atomic E-state index is -4.80. The van der Waals surface area contributed by atoms with Crippen molar-refractivity contribution in [2.45, 2.75) is 84.7 Å². The van der Waals surface area contributed by atoms with Crippen LogP contribution in [0.3, 0.4) is 0 Å². The number of amides is 2. The fraction of sp³-hybridized carbons (Fsp3) is 0.512. The number of rotatable bonds is 10. The molecule has 0 bridgehead atoms. The quantitative estimate of drug-likeness (QED) is 0.152. The number of benzene rings is 2. The van der Waals surface area contributed by atoms with Crippen molar-refractivity contribution in [2.75, 3.05) is 32.8 Å². The van der Waals surface area contributed by atoms with Gasteiger partial charge in [-0.1, -0.05) is 18.2 Å². The van der Waals surface area contributed by atoms with Crippen LogP contribution in [0.15, 0.2) is 54.9 Å². The van der Waals surface area contributed by atoms with Crippen LogP contribution in [0.1, 0.15) is 91.3 Å². The van der Waals surface area contributed by atoms with Gasteiger partial charge in [-0.3, -0.25) is 14.3 Å². The lowest BCUT2D eigenvalue weighted by Crippen LogP contribution is -2.66. The van der Waals surface area contributed by atoms with Gasteiger partial charge in [0, 0.05) is 56.6 Å². The normalized spacial score (nSPS) is 19.4. The molecule has 308 valence electrons. The van der Waals surface area contributed by atoms with Gasteiger partial charge in [0.25, 0.3) is 11.8 Å². The number of likely N-dealkylation sites (tertiary alicyclic amines) is 2. The highest BCUT2D eigenvalue weighted by Crippen LogP contribution is 2.48. The Morgan fingerprint density at radius 1 is 0.930 bits per heavy atom. The van der Waals surface area contributed by atoms with E-state index in [4.69, 9.17) is 9.47 Å². The molecule has 1 unspecified atom stereocenters. The molecule has 3 aromatic rings. The molecule has 2 fully saturated rings. The summed E-state index contributed by atoms with van der Waals surface area (Å²) in [5, 5.41) is 4.27. The van der Waals surface area contributed by atoms with E-state index in [2.05, 4.69) is 5.10 Å². The first-order chi connectivity index (χ1) is 26.5. The Hall–Kier alpha value is -4.73. The largest absolute Gasteiger partial charge is 0.456 e. The summed E-state index contributed by atoms with van der Waals surface area (Å²) in [4.78, 5) is 43.2. The summed E-state index contributed by atoms with van der Waals surface area (Å²) >= 11 is 0. The molecule has 2 saturated heterocycles. The monoisotopic (exact) mass is 806 g/mol. The van der Waals surface area contributed by atoms with Gasteiger partial charge in [0.2, 0.25) is 5.91 Å². The Morgan fingerprint density at radius 2 is 1.60 bits per heavy atom. The van der Waals surface area contributed by atoms with Crippen LogP contribution < -0.4 is 0 Å². The maximum atomic E-state index is 15.2. The molecule has 6 rings (SSSR count). The number of esters is 1. The molecule has 16 heteroatoms. The molecular formula is C41H45F7N4O5. The number of nitrogens with zero attached hydrogens (tertiary/aromatic N) is 4. The maximum absolute atomic E-state index is 15.2. The molecule has 1 spiro atoms. The van der Waals surface area contributed by atoms with E-state index in [0.29, 0.717) is 5.57 Å².